The lowest BCUT2D eigenvalue weighted by Crippen LogP contribution is -1.80. The molecule has 2 aromatic heterocycles. The van der Waals surface area contributed by atoms with Crippen LogP contribution < -0.4 is 5.73 Å². The Hall–Kier alpha value is -1.65. The van der Waals surface area contributed by atoms with Crippen molar-refractivity contribution >= 4 is 38.8 Å². The maximum atomic E-state index is 6.40. The number of rotatable bonds is 1. The Kier molecular flexibility index (Phi) is 2.46. The summed E-state index contributed by atoms with van der Waals surface area (Å²) in [6, 6.07) is 5.88. The Morgan fingerprint density at radius 2 is 2.06 bits per heavy atom. The first-order valence-corrected chi connectivity index (χ1v) is 6.19. The smallest absolute Gasteiger partial charge is 0.180 e. The molecule has 0 amide bonds. The third kappa shape index (κ3) is 1.75. The molecule has 2 heterocycles. The van der Waals surface area contributed by atoms with Crippen molar-refractivity contribution in [3.8, 4) is 10.4 Å². The fourth-order valence-corrected chi connectivity index (χ4v) is 2.84. The van der Waals surface area contributed by atoms with E-state index in [2.05, 4.69) is 9.97 Å². The first kappa shape index (κ1) is 10.5. The Morgan fingerprint density at radius 3 is 2.82 bits per heavy atom. The quantitative estimate of drug-likeness (QED) is 0.728. The number of fused-ring (bicyclic) bond motifs is 1. The molecular formula is C12H8ClN3S. The fraction of sp³-hybridized carbons (Fsp3) is 0. The molecule has 0 fully saturated rings. The predicted octanol–water partition coefficient (Wildman–Crippen LogP) is 3.59. The van der Waals surface area contributed by atoms with Crippen LogP contribution >= 0.6 is 22.9 Å². The number of benzene rings is 1. The van der Waals surface area contributed by atoms with Crippen LogP contribution in [0.1, 0.15) is 0 Å². The normalized spacial score (nSPS) is 10.9. The third-order valence-corrected chi connectivity index (χ3v) is 3.81. The molecule has 84 valence electrons. The van der Waals surface area contributed by atoms with Gasteiger partial charge in [0.2, 0.25) is 0 Å². The Morgan fingerprint density at radius 1 is 1.18 bits per heavy atom. The van der Waals surface area contributed by atoms with E-state index in [1.54, 1.807) is 18.6 Å². The lowest BCUT2D eigenvalue weighted by atomic mass is 10.1. The van der Waals surface area contributed by atoms with E-state index in [0.717, 1.165) is 21.2 Å². The summed E-state index contributed by atoms with van der Waals surface area (Å²) in [7, 11) is 0. The van der Waals surface area contributed by atoms with Crippen LogP contribution in [-0.4, -0.2) is 9.97 Å². The van der Waals surface area contributed by atoms with Crippen molar-refractivity contribution in [2.45, 2.75) is 0 Å². The van der Waals surface area contributed by atoms with E-state index in [0.29, 0.717) is 10.2 Å². The minimum atomic E-state index is 0.547. The molecule has 0 saturated heterocycles. The van der Waals surface area contributed by atoms with Crippen molar-refractivity contribution in [1.82, 2.24) is 9.97 Å². The molecule has 0 aliphatic carbocycles. The van der Waals surface area contributed by atoms with E-state index in [1.807, 2.05) is 18.2 Å². The van der Waals surface area contributed by atoms with Gasteiger partial charge in [0.1, 0.15) is 0 Å². The summed E-state index contributed by atoms with van der Waals surface area (Å²) in [5.41, 5.74) is 6.59. The summed E-state index contributed by atoms with van der Waals surface area (Å²) in [6.07, 6.45) is 5.28. The molecule has 0 spiro atoms. The van der Waals surface area contributed by atoms with Gasteiger partial charge in [-0.2, -0.15) is 0 Å². The van der Waals surface area contributed by atoms with Gasteiger partial charge in [-0.3, -0.25) is 4.98 Å². The Labute approximate surface area is 107 Å². The molecule has 0 bridgehead atoms. The van der Waals surface area contributed by atoms with Gasteiger partial charge in [0, 0.05) is 34.9 Å². The van der Waals surface area contributed by atoms with Crippen LogP contribution in [0, 0.1) is 0 Å². The molecule has 0 atom stereocenters. The number of thiazole rings is 1. The second kappa shape index (κ2) is 3.98. The standard InChI is InChI=1S/C12H8ClN3S/c13-11-8-3-4-15-5-7(8)1-2-9(11)10-6-16-12(14)17-10/h1-6H,(H2,14,16). The highest BCUT2D eigenvalue weighted by Gasteiger charge is 2.09. The SMILES string of the molecule is Nc1ncc(-c2ccc3cnccc3c2Cl)s1. The van der Waals surface area contributed by atoms with Crippen LogP contribution in [0.4, 0.5) is 5.13 Å². The average molecular weight is 262 g/mol. The van der Waals surface area contributed by atoms with Gasteiger partial charge in [-0.05, 0) is 6.07 Å². The lowest BCUT2D eigenvalue weighted by Gasteiger charge is -2.04. The van der Waals surface area contributed by atoms with Gasteiger partial charge in [-0.1, -0.05) is 35.1 Å². The molecule has 3 nitrogen and oxygen atoms in total. The molecule has 0 unspecified atom stereocenters. The number of hydrogen-bond donors (Lipinski definition) is 1. The average Bonchev–Trinajstić information content (AvgIpc) is 2.77. The van der Waals surface area contributed by atoms with Gasteiger partial charge in [-0.25, -0.2) is 4.98 Å². The van der Waals surface area contributed by atoms with Crippen molar-refractivity contribution in [2.24, 2.45) is 0 Å². The van der Waals surface area contributed by atoms with Crippen molar-refractivity contribution in [2.75, 3.05) is 5.73 Å². The molecule has 0 radical (unpaired) electrons. The predicted molar refractivity (Wildman–Crippen MR) is 72.3 cm³/mol. The van der Waals surface area contributed by atoms with Crippen LogP contribution in [0.3, 0.4) is 0 Å². The summed E-state index contributed by atoms with van der Waals surface area (Å²) in [4.78, 5) is 9.09. The van der Waals surface area contributed by atoms with Crippen LogP contribution in [0.5, 0.6) is 0 Å². The van der Waals surface area contributed by atoms with Gasteiger partial charge < -0.3 is 5.73 Å². The van der Waals surface area contributed by atoms with Gasteiger partial charge in [0.15, 0.2) is 5.13 Å². The lowest BCUT2D eigenvalue weighted by molar-refractivity contribution is 1.36. The number of anilines is 1. The first-order chi connectivity index (χ1) is 8.25. The highest BCUT2D eigenvalue weighted by molar-refractivity contribution is 7.18. The number of aromatic nitrogens is 2. The third-order valence-electron chi connectivity index (χ3n) is 2.54. The minimum Gasteiger partial charge on any atom is -0.375 e. The van der Waals surface area contributed by atoms with Gasteiger partial charge in [0.05, 0.1) is 9.90 Å². The molecule has 0 aliphatic rings. The van der Waals surface area contributed by atoms with Gasteiger partial charge in [-0.15, -0.1) is 0 Å². The Balaban J connectivity index is 2.28. The van der Waals surface area contributed by atoms with Gasteiger partial charge >= 0.3 is 0 Å². The minimum absolute atomic E-state index is 0.547. The number of pyridine rings is 1. The monoisotopic (exact) mass is 261 g/mol. The largest absolute Gasteiger partial charge is 0.375 e. The molecule has 1 aromatic carbocycles. The van der Waals surface area contributed by atoms with Crippen molar-refractivity contribution < 1.29 is 0 Å². The van der Waals surface area contributed by atoms with Crippen molar-refractivity contribution in [3.63, 3.8) is 0 Å². The molecular weight excluding hydrogens is 254 g/mol. The highest BCUT2D eigenvalue weighted by Crippen LogP contribution is 2.36. The maximum Gasteiger partial charge on any atom is 0.180 e. The fourth-order valence-electron chi connectivity index (χ4n) is 1.73. The zero-order valence-electron chi connectivity index (χ0n) is 8.72. The first-order valence-electron chi connectivity index (χ1n) is 4.99. The number of nitrogen functional groups attached to an aromatic ring is 1. The molecule has 3 aromatic rings. The zero-order valence-corrected chi connectivity index (χ0v) is 10.3. The highest BCUT2D eigenvalue weighted by atomic mass is 35.5. The maximum absolute atomic E-state index is 6.40. The summed E-state index contributed by atoms with van der Waals surface area (Å²) in [5.74, 6) is 0. The topological polar surface area (TPSA) is 51.8 Å². The van der Waals surface area contributed by atoms with E-state index < -0.39 is 0 Å². The number of nitrogens with zero attached hydrogens (tertiary/aromatic N) is 2. The zero-order chi connectivity index (χ0) is 11.8. The van der Waals surface area contributed by atoms with Crippen molar-refractivity contribution in [3.05, 3.63) is 41.8 Å². The molecule has 0 aliphatic heterocycles. The summed E-state index contributed by atoms with van der Waals surface area (Å²) in [5, 5.41) is 3.28. The molecule has 2 N–H and O–H groups in total. The second-order valence-electron chi connectivity index (χ2n) is 3.59. The molecule has 0 saturated carbocycles. The molecule has 17 heavy (non-hydrogen) atoms. The van der Waals surface area contributed by atoms with E-state index in [-0.39, 0.29) is 0 Å². The van der Waals surface area contributed by atoms with E-state index in [1.165, 1.54) is 11.3 Å². The number of halogens is 1. The van der Waals surface area contributed by atoms with E-state index in [9.17, 15) is 0 Å². The Bertz CT molecular complexity index is 693. The van der Waals surface area contributed by atoms with E-state index >= 15 is 0 Å². The van der Waals surface area contributed by atoms with Crippen LogP contribution in [0.15, 0.2) is 36.8 Å². The second-order valence-corrected chi connectivity index (χ2v) is 5.03. The molecule has 5 heteroatoms. The summed E-state index contributed by atoms with van der Waals surface area (Å²) >= 11 is 7.83. The van der Waals surface area contributed by atoms with E-state index in [4.69, 9.17) is 17.3 Å². The van der Waals surface area contributed by atoms with Crippen molar-refractivity contribution in [1.29, 1.82) is 0 Å². The van der Waals surface area contributed by atoms with Crippen LogP contribution in [0.25, 0.3) is 21.2 Å². The van der Waals surface area contributed by atoms with Crippen LogP contribution in [0.2, 0.25) is 5.02 Å². The number of hydrogen-bond acceptors (Lipinski definition) is 4. The van der Waals surface area contributed by atoms with Gasteiger partial charge in [0.25, 0.3) is 0 Å². The summed E-state index contributed by atoms with van der Waals surface area (Å²) < 4.78 is 0. The summed E-state index contributed by atoms with van der Waals surface area (Å²) in [6.45, 7) is 0. The van der Waals surface area contributed by atoms with Crippen LogP contribution in [-0.2, 0) is 0 Å². The molecule has 3 rings (SSSR count). The number of nitrogens with two attached hydrogens (primary N) is 1.